The summed E-state index contributed by atoms with van der Waals surface area (Å²) in [6.07, 6.45) is 0. The summed E-state index contributed by atoms with van der Waals surface area (Å²) in [6.45, 7) is 9.19. The largest absolute Gasteiger partial charge is 0.466 e. The summed E-state index contributed by atoms with van der Waals surface area (Å²) in [5, 5.41) is 3.54. The van der Waals surface area contributed by atoms with Gasteiger partial charge in [0.05, 0.1) is 0 Å². The quantitative estimate of drug-likeness (QED) is 0.876. The van der Waals surface area contributed by atoms with Crippen molar-refractivity contribution in [2.75, 3.05) is 0 Å². The van der Waals surface area contributed by atoms with Crippen LogP contribution in [0.15, 0.2) is 34.7 Å². The highest BCUT2D eigenvalue weighted by molar-refractivity contribution is 5.25. The predicted octanol–water partition coefficient (Wildman–Crippen LogP) is 4.06. The molecule has 2 rings (SSSR count). The highest BCUT2D eigenvalue weighted by Gasteiger charge is 2.11. The number of nitrogens with one attached hydrogen (secondary N) is 1. The van der Waals surface area contributed by atoms with Crippen LogP contribution < -0.4 is 5.32 Å². The Balaban J connectivity index is 2.00. The summed E-state index contributed by atoms with van der Waals surface area (Å²) >= 11 is 0. The second-order valence-corrected chi connectivity index (χ2v) is 4.96. The Morgan fingerprint density at radius 1 is 1.17 bits per heavy atom. The molecule has 2 nitrogen and oxygen atoms in total. The van der Waals surface area contributed by atoms with Crippen molar-refractivity contribution in [3.05, 3.63) is 58.5 Å². The standard InChI is InChI=1S/C16H21NO/c1-11-6-5-7-15(8-11)10-17-13(3)16-9-12(2)18-14(16)4/h5-9,13,17H,10H2,1-4H3. The van der Waals surface area contributed by atoms with Crippen LogP contribution in [0.1, 0.15) is 41.2 Å². The van der Waals surface area contributed by atoms with Gasteiger partial charge in [-0.1, -0.05) is 29.8 Å². The average Bonchev–Trinajstić information content (AvgIpc) is 2.66. The van der Waals surface area contributed by atoms with Crippen molar-refractivity contribution >= 4 is 0 Å². The van der Waals surface area contributed by atoms with E-state index in [9.17, 15) is 0 Å². The van der Waals surface area contributed by atoms with Crippen molar-refractivity contribution < 1.29 is 4.42 Å². The molecule has 2 heteroatoms. The van der Waals surface area contributed by atoms with Gasteiger partial charge in [0, 0.05) is 18.2 Å². The summed E-state index contributed by atoms with van der Waals surface area (Å²) in [5.74, 6) is 1.99. The number of rotatable bonds is 4. The molecule has 1 N–H and O–H groups in total. The van der Waals surface area contributed by atoms with Crippen LogP contribution in [0.25, 0.3) is 0 Å². The second kappa shape index (κ2) is 5.40. The monoisotopic (exact) mass is 243 g/mol. The summed E-state index contributed by atoms with van der Waals surface area (Å²) < 4.78 is 5.57. The molecule has 0 aliphatic heterocycles. The van der Waals surface area contributed by atoms with Gasteiger partial charge in [0.15, 0.2) is 0 Å². The molecular weight excluding hydrogens is 222 g/mol. The fourth-order valence-electron chi connectivity index (χ4n) is 2.28. The van der Waals surface area contributed by atoms with Crippen molar-refractivity contribution in [2.45, 2.75) is 40.3 Å². The summed E-state index contributed by atoms with van der Waals surface area (Å²) in [5.41, 5.74) is 3.87. The zero-order chi connectivity index (χ0) is 13.1. The maximum absolute atomic E-state index is 5.57. The molecule has 0 radical (unpaired) electrons. The molecule has 0 saturated carbocycles. The van der Waals surface area contributed by atoms with Crippen LogP contribution >= 0.6 is 0 Å². The number of aryl methyl sites for hydroxylation is 3. The molecule has 18 heavy (non-hydrogen) atoms. The second-order valence-electron chi connectivity index (χ2n) is 4.96. The Hall–Kier alpha value is -1.54. The molecule has 1 heterocycles. The van der Waals surface area contributed by atoms with E-state index in [0.29, 0.717) is 6.04 Å². The SMILES string of the molecule is Cc1cccc(CNC(C)c2cc(C)oc2C)c1. The Labute approximate surface area is 109 Å². The van der Waals surface area contributed by atoms with Crippen LogP contribution in [0, 0.1) is 20.8 Å². The van der Waals surface area contributed by atoms with Crippen molar-refractivity contribution in [3.63, 3.8) is 0 Å². The maximum Gasteiger partial charge on any atom is 0.105 e. The smallest absolute Gasteiger partial charge is 0.105 e. The highest BCUT2D eigenvalue weighted by Crippen LogP contribution is 2.21. The summed E-state index contributed by atoms with van der Waals surface area (Å²) in [4.78, 5) is 0. The highest BCUT2D eigenvalue weighted by atomic mass is 16.3. The molecular formula is C16H21NO. The lowest BCUT2D eigenvalue weighted by Gasteiger charge is -2.13. The van der Waals surface area contributed by atoms with E-state index < -0.39 is 0 Å². The topological polar surface area (TPSA) is 25.2 Å². The molecule has 1 aromatic carbocycles. The minimum Gasteiger partial charge on any atom is -0.466 e. The van der Waals surface area contributed by atoms with Crippen LogP contribution in [0.5, 0.6) is 0 Å². The van der Waals surface area contributed by atoms with Gasteiger partial charge in [0.2, 0.25) is 0 Å². The van der Waals surface area contributed by atoms with Crippen LogP contribution in [-0.2, 0) is 6.54 Å². The van der Waals surface area contributed by atoms with Crippen LogP contribution in [0.4, 0.5) is 0 Å². The van der Waals surface area contributed by atoms with E-state index in [4.69, 9.17) is 4.42 Å². The lowest BCUT2D eigenvalue weighted by atomic mass is 10.1. The van der Waals surface area contributed by atoms with Gasteiger partial charge < -0.3 is 9.73 Å². The molecule has 0 amide bonds. The predicted molar refractivity (Wildman–Crippen MR) is 74.6 cm³/mol. The Kier molecular flexibility index (Phi) is 3.87. The molecule has 2 aromatic rings. The number of hydrogen-bond donors (Lipinski definition) is 1. The molecule has 0 fully saturated rings. The summed E-state index contributed by atoms with van der Waals surface area (Å²) in [7, 11) is 0. The van der Waals surface area contributed by atoms with Gasteiger partial charge in [0.1, 0.15) is 11.5 Å². The third-order valence-corrected chi connectivity index (χ3v) is 3.24. The van der Waals surface area contributed by atoms with Crippen molar-refractivity contribution in [1.82, 2.24) is 5.32 Å². The zero-order valence-electron chi connectivity index (χ0n) is 11.6. The maximum atomic E-state index is 5.57. The lowest BCUT2D eigenvalue weighted by molar-refractivity contribution is 0.489. The van der Waals surface area contributed by atoms with Crippen LogP contribution in [-0.4, -0.2) is 0 Å². The Morgan fingerprint density at radius 3 is 2.56 bits per heavy atom. The molecule has 0 bridgehead atoms. The minimum atomic E-state index is 0.308. The minimum absolute atomic E-state index is 0.308. The van der Waals surface area contributed by atoms with Gasteiger partial charge in [0.25, 0.3) is 0 Å². The number of hydrogen-bond acceptors (Lipinski definition) is 2. The Morgan fingerprint density at radius 2 is 1.94 bits per heavy atom. The van der Waals surface area contributed by atoms with Gasteiger partial charge in [-0.15, -0.1) is 0 Å². The number of furan rings is 1. The molecule has 1 aromatic heterocycles. The molecule has 96 valence electrons. The normalized spacial score (nSPS) is 12.7. The average molecular weight is 243 g/mol. The molecule has 0 saturated heterocycles. The third-order valence-electron chi connectivity index (χ3n) is 3.24. The third kappa shape index (κ3) is 3.02. The van der Waals surface area contributed by atoms with E-state index >= 15 is 0 Å². The first-order chi connectivity index (χ1) is 8.56. The van der Waals surface area contributed by atoms with Gasteiger partial charge in [-0.2, -0.15) is 0 Å². The fourth-order valence-corrected chi connectivity index (χ4v) is 2.28. The first kappa shape index (κ1) is 12.9. The Bertz CT molecular complexity index is 528. The summed E-state index contributed by atoms with van der Waals surface area (Å²) in [6, 6.07) is 11.0. The van der Waals surface area contributed by atoms with Gasteiger partial charge in [-0.05, 0) is 39.3 Å². The van der Waals surface area contributed by atoms with E-state index in [1.807, 2.05) is 13.8 Å². The van der Waals surface area contributed by atoms with E-state index in [-0.39, 0.29) is 0 Å². The molecule has 0 aliphatic rings. The number of benzene rings is 1. The first-order valence-electron chi connectivity index (χ1n) is 6.42. The van der Waals surface area contributed by atoms with Crippen molar-refractivity contribution in [2.24, 2.45) is 0 Å². The van der Waals surface area contributed by atoms with E-state index in [1.165, 1.54) is 16.7 Å². The van der Waals surface area contributed by atoms with E-state index in [2.05, 4.69) is 49.5 Å². The molecule has 0 spiro atoms. The zero-order valence-corrected chi connectivity index (χ0v) is 11.6. The molecule has 0 aliphatic carbocycles. The molecule has 1 unspecified atom stereocenters. The van der Waals surface area contributed by atoms with Gasteiger partial charge in [-0.25, -0.2) is 0 Å². The van der Waals surface area contributed by atoms with E-state index in [0.717, 1.165) is 18.1 Å². The van der Waals surface area contributed by atoms with Crippen LogP contribution in [0.2, 0.25) is 0 Å². The van der Waals surface area contributed by atoms with E-state index in [1.54, 1.807) is 0 Å². The first-order valence-corrected chi connectivity index (χ1v) is 6.42. The van der Waals surface area contributed by atoms with Crippen molar-refractivity contribution in [3.8, 4) is 0 Å². The van der Waals surface area contributed by atoms with Gasteiger partial charge in [-0.3, -0.25) is 0 Å². The lowest BCUT2D eigenvalue weighted by Crippen LogP contribution is -2.18. The molecule has 1 atom stereocenters. The van der Waals surface area contributed by atoms with Crippen LogP contribution in [0.3, 0.4) is 0 Å². The van der Waals surface area contributed by atoms with Gasteiger partial charge >= 0.3 is 0 Å². The fraction of sp³-hybridized carbons (Fsp3) is 0.375. The van der Waals surface area contributed by atoms with Crippen molar-refractivity contribution in [1.29, 1.82) is 0 Å².